The molecule has 32 heavy (non-hydrogen) atoms. The molecule has 2 aliphatic rings. The Morgan fingerprint density at radius 3 is 2.22 bits per heavy atom. The number of ether oxygens (including phenoxy) is 2. The molecule has 0 aliphatic carbocycles. The molecule has 2 fully saturated rings. The van der Waals surface area contributed by atoms with Crippen molar-refractivity contribution in [3.05, 3.63) is 65.7 Å². The molecule has 0 atom stereocenters. The second-order valence-corrected chi connectivity index (χ2v) is 8.67. The summed E-state index contributed by atoms with van der Waals surface area (Å²) in [6, 6.07) is 15.8. The van der Waals surface area contributed by atoms with Gasteiger partial charge in [-0.1, -0.05) is 24.3 Å². The van der Waals surface area contributed by atoms with E-state index in [0.29, 0.717) is 0 Å². The van der Waals surface area contributed by atoms with Gasteiger partial charge in [0, 0.05) is 38.3 Å². The molecule has 0 spiro atoms. The normalized spacial score (nSPS) is 18.1. The average Bonchev–Trinajstić information content (AvgIpc) is 2.86. The summed E-state index contributed by atoms with van der Waals surface area (Å²) in [5.74, 6) is 1.89. The van der Waals surface area contributed by atoms with Crippen LogP contribution in [0.2, 0.25) is 0 Å². The lowest BCUT2D eigenvalue weighted by atomic mass is 10.1. The number of piperidine rings is 2. The summed E-state index contributed by atoms with van der Waals surface area (Å²) in [4.78, 5) is 17.0. The summed E-state index contributed by atoms with van der Waals surface area (Å²) in [5, 5.41) is 0. The van der Waals surface area contributed by atoms with Crippen molar-refractivity contribution in [3.63, 3.8) is 0 Å². The van der Waals surface area contributed by atoms with Crippen molar-refractivity contribution in [1.82, 2.24) is 9.80 Å². The highest BCUT2D eigenvalue weighted by Gasteiger charge is 2.21. The Bertz CT molecular complexity index is 878. The van der Waals surface area contributed by atoms with Crippen LogP contribution in [0.5, 0.6) is 11.5 Å². The SMILES string of the molecule is COc1ccc(/C=C/CN2CCC(Oc3ccc(C(=O)N4CCCCC4)cc3)CC2)cc1. The number of carbonyl (C=O) groups is 1. The van der Waals surface area contributed by atoms with E-state index in [1.165, 1.54) is 12.0 Å². The quantitative estimate of drug-likeness (QED) is 0.623. The Morgan fingerprint density at radius 1 is 0.906 bits per heavy atom. The molecule has 0 unspecified atom stereocenters. The third-order valence-corrected chi connectivity index (χ3v) is 6.37. The van der Waals surface area contributed by atoms with Crippen LogP contribution in [0.25, 0.3) is 6.08 Å². The topological polar surface area (TPSA) is 42.0 Å². The van der Waals surface area contributed by atoms with Crippen LogP contribution >= 0.6 is 0 Å². The number of methoxy groups -OCH3 is 1. The Kier molecular flexibility index (Phi) is 7.83. The zero-order valence-electron chi connectivity index (χ0n) is 19.0. The van der Waals surface area contributed by atoms with Gasteiger partial charge in [0.2, 0.25) is 0 Å². The number of benzene rings is 2. The van der Waals surface area contributed by atoms with Crippen LogP contribution in [0.1, 0.15) is 48.0 Å². The first-order valence-electron chi connectivity index (χ1n) is 11.8. The largest absolute Gasteiger partial charge is 0.497 e. The van der Waals surface area contributed by atoms with E-state index in [1.807, 2.05) is 41.3 Å². The minimum absolute atomic E-state index is 0.146. The maximum Gasteiger partial charge on any atom is 0.253 e. The van der Waals surface area contributed by atoms with Crippen LogP contribution in [-0.2, 0) is 0 Å². The summed E-state index contributed by atoms with van der Waals surface area (Å²) in [5.41, 5.74) is 1.95. The molecule has 2 aromatic rings. The van der Waals surface area contributed by atoms with E-state index in [1.54, 1.807) is 7.11 Å². The molecule has 2 aromatic carbocycles. The zero-order chi connectivity index (χ0) is 22.2. The zero-order valence-corrected chi connectivity index (χ0v) is 19.0. The first-order valence-corrected chi connectivity index (χ1v) is 11.8. The molecule has 0 bridgehead atoms. The third kappa shape index (κ3) is 6.13. The summed E-state index contributed by atoms with van der Waals surface area (Å²) in [6.45, 7) is 4.77. The van der Waals surface area contributed by atoms with Crippen molar-refractivity contribution in [3.8, 4) is 11.5 Å². The van der Waals surface area contributed by atoms with Gasteiger partial charge < -0.3 is 14.4 Å². The van der Waals surface area contributed by atoms with Gasteiger partial charge in [0.1, 0.15) is 17.6 Å². The van der Waals surface area contributed by atoms with Crippen LogP contribution < -0.4 is 9.47 Å². The van der Waals surface area contributed by atoms with Gasteiger partial charge in [0.15, 0.2) is 0 Å². The number of carbonyl (C=O) groups excluding carboxylic acids is 1. The first kappa shape index (κ1) is 22.4. The van der Waals surface area contributed by atoms with Crippen LogP contribution in [-0.4, -0.2) is 61.6 Å². The minimum Gasteiger partial charge on any atom is -0.497 e. The van der Waals surface area contributed by atoms with Crippen LogP contribution in [0.15, 0.2) is 54.6 Å². The fourth-order valence-corrected chi connectivity index (χ4v) is 4.41. The number of rotatable bonds is 7. The average molecular weight is 435 g/mol. The molecule has 0 N–H and O–H groups in total. The van der Waals surface area contributed by atoms with E-state index in [0.717, 1.165) is 75.5 Å². The Hall–Kier alpha value is -2.79. The Labute approximate surface area is 191 Å². The molecule has 5 heteroatoms. The Balaban J connectivity index is 1.20. The van der Waals surface area contributed by atoms with Crippen molar-refractivity contribution < 1.29 is 14.3 Å². The molecule has 0 radical (unpaired) electrons. The van der Waals surface area contributed by atoms with Gasteiger partial charge in [0.05, 0.1) is 7.11 Å². The van der Waals surface area contributed by atoms with Gasteiger partial charge in [-0.25, -0.2) is 0 Å². The number of nitrogens with zero attached hydrogens (tertiary/aromatic N) is 2. The second kappa shape index (κ2) is 11.2. The second-order valence-electron chi connectivity index (χ2n) is 8.67. The molecule has 4 rings (SSSR count). The van der Waals surface area contributed by atoms with Gasteiger partial charge in [-0.2, -0.15) is 0 Å². The summed E-state index contributed by atoms with van der Waals surface area (Å²) >= 11 is 0. The van der Waals surface area contributed by atoms with Gasteiger partial charge in [-0.05, 0) is 74.1 Å². The van der Waals surface area contributed by atoms with E-state index >= 15 is 0 Å². The fraction of sp³-hybridized carbons (Fsp3) is 0.444. The highest BCUT2D eigenvalue weighted by atomic mass is 16.5. The van der Waals surface area contributed by atoms with Gasteiger partial charge >= 0.3 is 0 Å². The molecule has 2 saturated heterocycles. The molecule has 170 valence electrons. The minimum atomic E-state index is 0.146. The van der Waals surface area contributed by atoms with E-state index in [2.05, 4.69) is 29.2 Å². The van der Waals surface area contributed by atoms with Gasteiger partial charge in [0.25, 0.3) is 5.91 Å². The smallest absolute Gasteiger partial charge is 0.253 e. The van der Waals surface area contributed by atoms with Crippen molar-refractivity contribution in [2.45, 2.75) is 38.2 Å². The molecule has 5 nitrogen and oxygen atoms in total. The number of likely N-dealkylation sites (tertiary alicyclic amines) is 2. The highest BCUT2D eigenvalue weighted by Crippen LogP contribution is 2.21. The fourth-order valence-electron chi connectivity index (χ4n) is 4.41. The molecular weight excluding hydrogens is 400 g/mol. The Morgan fingerprint density at radius 2 is 1.56 bits per heavy atom. The van der Waals surface area contributed by atoms with Crippen molar-refractivity contribution in [1.29, 1.82) is 0 Å². The molecule has 2 heterocycles. The van der Waals surface area contributed by atoms with E-state index in [9.17, 15) is 4.79 Å². The van der Waals surface area contributed by atoms with Gasteiger partial charge in [-0.3, -0.25) is 9.69 Å². The van der Waals surface area contributed by atoms with Crippen molar-refractivity contribution in [2.75, 3.05) is 39.8 Å². The molecule has 0 saturated carbocycles. The van der Waals surface area contributed by atoms with Crippen LogP contribution in [0, 0.1) is 0 Å². The predicted molar refractivity (Wildman–Crippen MR) is 128 cm³/mol. The number of amides is 1. The third-order valence-electron chi connectivity index (χ3n) is 6.37. The van der Waals surface area contributed by atoms with Crippen LogP contribution in [0.4, 0.5) is 0 Å². The first-order chi connectivity index (χ1) is 15.7. The lowest BCUT2D eigenvalue weighted by Gasteiger charge is -2.31. The van der Waals surface area contributed by atoms with Crippen molar-refractivity contribution >= 4 is 12.0 Å². The van der Waals surface area contributed by atoms with E-state index < -0.39 is 0 Å². The number of hydrogen-bond acceptors (Lipinski definition) is 4. The maximum absolute atomic E-state index is 12.6. The summed E-state index contributed by atoms with van der Waals surface area (Å²) in [6.07, 6.45) is 10.1. The van der Waals surface area contributed by atoms with Crippen molar-refractivity contribution in [2.24, 2.45) is 0 Å². The molecule has 2 aliphatic heterocycles. The lowest BCUT2D eigenvalue weighted by molar-refractivity contribution is 0.0724. The highest BCUT2D eigenvalue weighted by molar-refractivity contribution is 5.94. The standard InChI is InChI=1S/C27H34N2O3/c1-31-24-11-7-22(8-12-24)6-5-17-28-20-15-26(16-21-28)32-25-13-9-23(10-14-25)27(30)29-18-3-2-4-19-29/h5-14,26H,2-4,15-21H2,1H3/b6-5+. The lowest BCUT2D eigenvalue weighted by Crippen LogP contribution is -2.38. The maximum atomic E-state index is 12.6. The molecule has 1 amide bonds. The molecular formula is C27H34N2O3. The van der Waals surface area contributed by atoms with Gasteiger partial charge in [-0.15, -0.1) is 0 Å². The monoisotopic (exact) mass is 434 g/mol. The predicted octanol–water partition coefficient (Wildman–Crippen LogP) is 4.88. The summed E-state index contributed by atoms with van der Waals surface area (Å²) < 4.78 is 11.4. The number of hydrogen-bond donors (Lipinski definition) is 0. The van der Waals surface area contributed by atoms with E-state index in [4.69, 9.17) is 9.47 Å². The molecule has 0 aromatic heterocycles. The summed E-state index contributed by atoms with van der Waals surface area (Å²) in [7, 11) is 1.69. The van der Waals surface area contributed by atoms with E-state index in [-0.39, 0.29) is 12.0 Å². The van der Waals surface area contributed by atoms with Crippen LogP contribution in [0.3, 0.4) is 0 Å².